The minimum atomic E-state index is -0.437. The van der Waals surface area contributed by atoms with E-state index in [2.05, 4.69) is 20.1 Å². The summed E-state index contributed by atoms with van der Waals surface area (Å²) in [5.74, 6) is 5.06. The van der Waals surface area contributed by atoms with E-state index in [0.717, 1.165) is 36.5 Å². The van der Waals surface area contributed by atoms with Gasteiger partial charge >= 0.3 is 0 Å². The van der Waals surface area contributed by atoms with E-state index in [9.17, 15) is 10.2 Å². The van der Waals surface area contributed by atoms with Crippen LogP contribution in [0.25, 0.3) is 0 Å². The Morgan fingerprint density at radius 2 is 1.77 bits per heavy atom. The minimum Gasteiger partial charge on any atom is -0.393 e. The summed E-state index contributed by atoms with van der Waals surface area (Å²) in [7, 11) is 0. The van der Waals surface area contributed by atoms with E-state index < -0.39 is 5.60 Å². The number of hydrogen-bond acceptors (Lipinski definition) is 3. The Hall–Kier alpha value is 0.270. The highest BCUT2D eigenvalue weighted by Crippen LogP contribution is 2.68. The lowest BCUT2D eigenvalue weighted by Gasteiger charge is -2.63. The Kier molecular flexibility index (Phi) is 5.02. The van der Waals surface area contributed by atoms with Gasteiger partial charge in [-0.25, -0.2) is 0 Å². The maximum absolute atomic E-state index is 10.7. The van der Waals surface area contributed by atoms with Crippen LogP contribution >= 0.6 is 11.8 Å². The number of thioether (sulfide) groups is 1. The third-order valence-corrected chi connectivity index (χ3v) is 10.5. The summed E-state index contributed by atoms with van der Waals surface area (Å²) < 4.78 is 0. The first-order chi connectivity index (χ1) is 12.2. The second-order valence-corrected chi connectivity index (χ2v) is 11.9. The summed E-state index contributed by atoms with van der Waals surface area (Å²) in [5.41, 5.74) is 0.394. The molecular weight excluding hydrogens is 340 g/mol. The van der Waals surface area contributed by atoms with Crippen LogP contribution in [0.4, 0.5) is 0 Å². The van der Waals surface area contributed by atoms with Crippen LogP contribution in [0.15, 0.2) is 0 Å². The standard InChI is InChI=1S/C23H40O2S/c1-15(24)18-7-8-19-17-6-5-16-13-21(2,25)11-12-23(16,14-26-4)20(17)9-10-22(18,19)3/h15-20,24-25H,5-14H2,1-4H3/t15?,16-,17+,18-,19+,20+,21-,22-,23-/m1/s1. The van der Waals surface area contributed by atoms with Gasteiger partial charge in [0.15, 0.2) is 0 Å². The quantitative estimate of drug-likeness (QED) is 0.714. The van der Waals surface area contributed by atoms with Crippen molar-refractivity contribution in [2.24, 2.45) is 40.4 Å². The Morgan fingerprint density at radius 3 is 2.46 bits per heavy atom. The molecule has 1 unspecified atom stereocenters. The van der Waals surface area contributed by atoms with E-state index in [4.69, 9.17) is 0 Å². The zero-order valence-electron chi connectivity index (χ0n) is 17.3. The molecule has 150 valence electrons. The van der Waals surface area contributed by atoms with Gasteiger partial charge in [-0.05, 0) is 124 Å². The van der Waals surface area contributed by atoms with Crippen molar-refractivity contribution in [2.75, 3.05) is 12.0 Å². The molecule has 0 spiro atoms. The first kappa shape index (κ1) is 19.6. The SMILES string of the molecule is CSC[C@]12CC[C@@](C)(O)C[C@H]1CC[C@H]1[C@@H]3CC[C@H](C(C)O)[C@@]3(C)CC[C@@H]12. The predicted molar refractivity (Wildman–Crippen MR) is 110 cm³/mol. The molecule has 26 heavy (non-hydrogen) atoms. The van der Waals surface area contributed by atoms with Crippen molar-refractivity contribution >= 4 is 11.8 Å². The predicted octanol–water partition coefficient (Wildman–Crippen LogP) is 5.12. The average Bonchev–Trinajstić information content (AvgIpc) is 2.92. The molecule has 4 aliphatic rings. The Labute approximate surface area is 164 Å². The number of fused-ring (bicyclic) bond motifs is 5. The molecule has 4 fully saturated rings. The fourth-order valence-electron chi connectivity index (χ4n) is 8.62. The third-order valence-electron chi connectivity index (χ3n) is 9.72. The molecule has 0 aliphatic heterocycles. The number of rotatable bonds is 3. The normalized spacial score (nSPS) is 54.9. The van der Waals surface area contributed by atoms with Gasteiger partial charge in [-0.3, -0.25) is 0 Å². The molecule has 0 radical (unpaired) electrons. The van der Waals surface area contributed by atoms with E-state index in [-0.39, 0.29) is 6.10 Å². The molecule has 2 nitrogen and oxygen atoms in total. The van der Waals surface area contributed by atoms with Crippen LogP contribution in [-0.4, -0.2) is 33.9 Å². The monoisotopic (exact) mass is 380 g/mol. The molecule has 0 heterocycles. The van der Waals surface area contributed by atoms with E-state index >= 15 is 0 Å². The highest BCUT2D eigenvalue weighted by atomic mass is 32.2. The Balaban J connectivity index is 1.64. The fraction of sp³-hybridized carbons (Fsp3) is 1.00. The third kappa shape index (κ3) is 2.82. The number of hydrogen-bond donors (Lipinski definition) is 2. The molecular formula is C23H40O2S. The van der Waals surface area contributed by atoms with E-state index in [1.165, 1.54) is 50.7 Å². The number of aliphatic hydroxyl groups is 2. The van der Waals surface area contributed by atoms with Gasteiger partial charge in [-0.15, -0.1) is 0 Å². The highest BCUT2D eigenvalue weighted by molar-refractivity contribution is 7.98. The fourth-order valence-corrected chi connectivity index (χ4v) is 9.75. The van der Waals surface area contributed by atoms with Gasteiger partial charge in [0.05, 0.1) is 11.7 Å². The minimum absolute atomic E-state index is 0.150. The van der Waals surface area contributed by atoms with Crippen LogP contribution in [0, 0.1) is 40.4 Å². The van der Waals surface area contributed by atoms with Crippen LogP contribution < -0.4 is 0 Å². The molecule has 0 amide bonds. The molecule has 0 aromatic rings. The molecule has 9 atom stereocenters. The lowest BCUT2D eigenvalue weighted by molar-refractivity contribution is -0.147. The summed E-state index contributed by atoms with van der Waals surface area (Å²) in [6.45, 7) is 6.61. The van der Waals surface area contributed by atoms with Crippen LogP contribution in [0.1, 0.15) is 78.6 Å². The van der Waals surface area contributed by atoms with Gasteiger partial charge < -0.3 is 10.2 Å². The van der Waals surface area contributed by atoms with Crippen LogP contribution in [0.2, 0.25) is 0 Å². The van der Waals surface area contributed by atoms with Gasteiger partial charge in [0.25, 0.3) is 0 Å². The van der Waals surface area contributed by atoms with E-state index in [1.54, 1.807) is 0 Å². The van der Waals surface area contributed by atoms with Crippen LogP contribution in [0.3, 0.4) is 0 Å². The Morgan fingerprint density at radius 1 is 1.00 bits per heavy atom. The van der Waals surface area contributed by atoms with Gasteiger partial charge in [0.1, 0.15) is 0 Å². The van der Waals surface area contributed by atoms with Gasteiger partial charge in [-0.2, -0.15) is 11.8 Å². The van der Waals surface area contributed by atoms with Crippen molar-refractivity contribution in [2.45, 2.75) is 90.3 Å². The zero-order chi connectivity index (χ0) is 18.7. The summed E-state index contributed by atoms with van der Waals surface area (Å²) >= 11 is 2.05. The zero-order valence-corrected chi connectivity index (χ0v) is 18.2. The second-order valence-electron chi connectivity index (χ2n) is 11.0. The Bertz CT molecular complexity index is 532. The number of aliphatic hydroxyl groups excluding tert-OH is 1. The van der Waals surface area contributed by atoms with E-state index in [0.29, 0.717) is 16.7 Å². The smallest absolute Gasteiger partial charge is 0.0622 e. The second kappa shape index (κ2) is 6.66. The van der Waals surface area contributed by atoms with Crippen molar-refractivity contribution in [1.29, 1.82) is 0 Å². The molecule has 4 rings (SSSR count). The average molecular weight is 381 g/mol. The first-order valence-electron chi connectivity index (χ1n) is 11.1. The maximum atomic E-state index is 10.7. The van der Waals surface area contributed by atoms with Crippen LogP contribution in [-0.2, 0) is 0 Å². The van der Waals surface area contributed by atoms with E-state index in [1.807, 2.05) is 18.7 Å². The first-order valence-corrected chi connectivity index (χ1v) is 12.5. The van der Waals surface area contributed by atoms with Crippen molar-refractivity contribution < 1.29 is 10.2 Å². The van der Waals surface area contributed by atoms with Crippen molar-refractivity contribution in [3.05, 3.63) is 0 Å². The summed E-state index contributed by atoms with van der Waals surface area (Å²) in [5, 5.41) is 21.1. The summed E-state index contributed by atoms with van der Waals surface area (Å²) in [4.78, 5) is 0. The molecule has 0 saturated heterocycles. The van der Waals surface area contributed by atoms with Crippen molar-refractivity contribution in [3.8, 4) is 0 Å². The van der Waals surface area contributed by atoms with Gasteiger partial charge in [0.2, 0.25) is 0 Å². The lowest BCUT2D eigenvalue weighted by Crippen LogP contribution is -2.58. The molecule has 0 bridgehead atoms. The molecule has 4 aliphatic carbocycles. The molecule has 0 aromatic heterocycles. The largest absolute Gasteiger partial charge is 0.393 e. The lowest BCUT2D eigenvalue weighted by atomic mass is 9.43. The molecule has 3 heteroatoms. The van der Waals surface area contributed by atoms with Crippen molar-refractivity contribution in [3.63, 3.8) is 0 Å². The topological polar surface area (TPSA) is 40.5 Å². The summed E-state index contributed by atoms with van der Waals surface area (Å²) in [6.07, 6.45) is 13.3. The molecule has 2 N–H and O–H groups in total. The van der Waals surface area contributed by atoms with Gasteiger partial charge in [-0.1, -0.05) is 6.92 Å². The van der Waals surface area contributed by atoms with Crippen molar-refractivity contribution in [1.82, 2.24) is 0 Å². The molecule has 4 saturated carbocycles. The van der Waals surface area contributed by atoms with Gasteiger partial charge in [0, 0.05) is 0 Å². The summed E-state index contributed by atoms with van der Waals surface area (Å²) in [6, 6.07) is 0. The van der Waals surface area contributed by atoms with Crippen LogP contribution in [0.5, 0.6) is 0 Å². The highest BCUT2D eigenvalue weighted by Gasteiger charge is 2.62. The maximum Gasteiger partial charge on any atom is 0.0622 e. The molecule has 0 aromatic carbocycles.